The normalized spacial score (nSPS) is 23.8. The molecular formula is C9H13N3. The third-order valence-corrected chi connectivity index (χ3v) is 2.27. The van der Waals surface area contributed by atoms with Crippen LogP contribution < -0.4 is 5.32 Å². The molecule has 0 amide bonds. The van der Waals surface area contributed by atoms with Crippen molar-refractivity contribution in [3.8, 4) is 0 Å². The Morgan fingerprint density at radius 1 is 1.42 bits per heavy atom. The van der Waals surface area contributed by atoms with E-state index in [4.69, 9.17) is 0 Å². The summed E-state index contributed by atoms with van der Waals surface area (Å²) >= 11 is 0. The molecule has 1 atom stereocenters. The molecule has 0 bridgehead atoms. The molecule has 1 fully saturated rings. The van der Waals surface area contributed by atoms with Crippen molar-refractivity contribution < 1.29 is 0 Å². The zero-order valence-corrected chi connectivity index (χ0v) is 7.03. The number of rotatable bonds is 1. The average molecular weight is 163 g/mol. The summed E-state index contributed by atoms with van der Waals surface area (Å²) in [5.74, 6) is 0. The Balaban J connectivity index is 2.08. The van der Waals surface area contributed by atoms with Crippen molar-refractivity contribution in [2.24, 2.45) is 0 Å². The maximum absolute atomic E-state index is 4.23. The van der Waals surface area contributed by atoms with Crippen LogP contribution in [0.4, 0.5) is 0 Å². The van der Waals surface area contributed by atoms with Crippen LogP contribution in [0.25, 0.3) is 0 Å². The molecule has 0 saturated carbocycles. The Labute approximate surface area is 72.2 Å². The number of nitrogens with zero attached hydrogens (tertiary/aromatic N) is 2. The predicted octanol–water partition coefficient (Wildman–Crippen LogP) is 1.29. The standard InChI is InChI=1S/C9H13N3/c1-2-5-11-8(3-1)9-4-6-10-7-12-9/h4,6-8,11H,1-3,5H2/t8-/m1/s1. The van der Waals surface area contributed by atoms with Gasteiger partial charge in [0.1, 0.15) is 6.33 Å². The summed E-state index contributed by atoms with van der Waals surface area (Å²) in [7, 11) is 0. The van der Waals surface area contributed by atoms with Gasteiger partial charge in [0.2, 0.25) is 0 Å². The van der Waals surface area contributed by atoms with Crippen molar-refractivity contribution in [1.29, 1.82) is 0 Å². The highest BCUT2D eigenvalue weighted by Crippen LogP contribution is 2.19. The number of hydrogen-bond donors (Lipinski definition) is 1. The highest BCUT2D eigenvalue weighted by Gasteiger charge is 2.14. The Hall–Kier alpha value is -0.960. The second kappa shape index (κ2) is 3.63. The van der Waals surface area contributed by atoms with Crippen LogP contribution >= 0.6 is 0 Å². The topological polar surface area (TPSA) is 37.8 Å². The largest absolute Gasteiger partial charge is 0.309 e. The van der Waals surface area contributed by atoms with Crippen LogP contribution in [0, 0.1) is 0 Å². The van der Waals surface area contributed by atoms with E-state index in [1.807, 2.05) is 6.07 Å². The third-order valence-electron chi connectivity index (χ3n) is 2.27. The van der Waals surface area contributed by atoms with Crippen molar-refractivity contribution in [1.82, 2.24) is 15.3 Å². The fourth-order valence-electron chi connectivity index (χ4n) is 1.61. The Kier molecular flexibility index (Phi) is 2.32. The molecule has 0 unspecified atom stereocenters. The molecule has 1 aromatic heterocycles. The van der Waals surface area contributed by atoms with Crippen LogP contribution in [0.5, 0.6) is 0 Å². The molecule has 2 heterocycles. The number of nitrogens with one attached hydrogen (secondary N) is 1. The first kappa shape index (κ1) is 7.68. The first-order chi connectivity index (χ1) is 5.97. The second-order valence-corrected chi connectivity index (χ2v) is 3.14. The van der Waals surface area contributed by atoms with Gasteiger partial charge in [-0.15, -0.1) is 0 Å². The van der Waals surface area contributed by atoms with Gasteiger partial charge in [0.05, 0.1) is 5.69 Å². The molecule has 2 rings (SSSR count). The monoisotopic (exact) mass is 163 g/mol. The van der Waals surface area contributed by atoms with Gasteiger partial charge in [-0.3, -0.25) is 0 Å². The zero-order valence-electron chi connectivity index (χ0n) is 7.03. The summed E-state index contributed by atoms with van der Waals surface area (Å²) in [6.45, 7) is 1.12. The number of piperidine rings is 1. The molecule has 64 valence electrons. The molecular weight excluding hydrogens is 150 g/mol. The lowest BCUT2D eigenvalue weighted by Crippen LogP contribution is -2.27. The number of aromatic nitrogens is 2. The van der Waals surface area contributed by atoms with E-state index in [0.29, 0.717) is 6.04 Å². The number of hydrogen-bond acceptors (Lipinski definition) is 3. The SMILES string of the molecule is c1cc([C@H]2CCCCN2)ncn1. The molecule has 1 saturated heterocycles. The van der Waals surface area contributed by atoms with Gasteiger partial charge in [0.15, 0.2) is 0 Å². The van der Waals surface area contributed by atoms with Gasteiger partial charge in [0, 0.05) is 12.2 Å². The van der Waals surface area contributed by atoms with E-state index < -0.39 is 0 Å². The van der Waals surface area contributed by atoms with Crippen LogP contribution in [0.3, 0.4) is 0 Å². The van der Waals surface area contributed by atoms with Crippen LogP contribution in [-0.2, 0) is 0 Å². The lowest BCUT2D eigenvalue weighted by Gasteiger charge is -2.22. The van der Waals surface area contributed by atoms with E-state index in [-0.39, 0.29) is 0 Å². The lowest BCUT2D eigenvalue weighted by atomic mass is 10.0. The van der Waals surface area contributed by atoms with Crippen molar-refractivity contribution >= 4 is 0 Å². The molecule has 1 N–H and O–H groups in total. The molecule has 0 radical (unpaired) electrons. The van der Waals surface area contributed by atoms with E-state index in [2.05, 4.69) is 15.3 Å². The molecule has 12 heavy (non-hydrogen) atoms. The van der Waals surface area contributed by atoms with Gasteiger partial charge < -0.3 is 5.32 Å². The first-order valence-corrected chi connectivity index (χ1v) is 4.46. The summed E-state index contributed by atoms with van der Waals surface area (Å²) in [5.41, 5.74) is 1.13. The summed E-state index contributed by atoms with van der Waals surface area (Å²) in [5, 5.41) is 3.45. The summed E-state index contributed by atoms with van der Waals surface area (Å²) in [4.78, 5) is 8.13. The van der Waals surface area contributed by atoms with Gasteiger partial charge in [-0.1, -0.05) is 6.42 Å². The molecule has 1 aliphatic rings. The maximum Gasteiger partial charge on any atom is 0.115 e. The molecule has 0 spiro atoms. The summed E-state index contributed by atoms with van der Waals surface area (Å²) in [6.07, 6.45) is 7.23. The van der Waals surface area contributed by atoms with Gasteiger partial charge >= 0.3 is 0 Å². The Morgan fingerprint density at radius 2 is 2.42 bits per heavy atom. The van der Waals surface area contributed by atoms with Crippen LogP contribution in [0.15, 0.2) is 18.6 Å². The van der Waals surface area contributed by atoms with Crippen LogP contribution in [0.2, 0.25) is 0 Å². The molecule has 1 aromatic rings. The smallest absolute Gasteiger partial charge is 0.115 e. The fraction of sp³-hybridized carbons (Fsp3) is 0.556. The zero-order chi connectivity index (χ0) is 8.23. The fourth-order valence-corrected chi connectivity index (χ4v) is 1.61. The molecule has 0 aliphatic carbocycles. The van der Waals surface area contributed by atoms with E-state index in [1.54, 1.807) is 12.5 Å². The van der Waals surface area contributed by atoms with Gasteiger partial charge in [-0.25, -0.2) is 9.97 Å². The lowest BCUT2D eigenvalue weighted by molar-refractivity contribution is 0.405. The summed E-state index contributed by atoms with van der Waals surface area (Å²) < 4.78 is 0. The molecule has 3 nitrogen and oxygen atoms in total. The summed E-state index contributed by atoms with van der Waals surface area (Å²) in [6, 6.07) is 2.45. The van der Waals surface area contributed by atoms with Crippen molar-refractivity contribution in [3.05, 3.63) is 24.3 Å². The Bertz CT molecular complexity index is 229. The van der Waals surface area contributed by atoms with Gasteiger partial charge in [0.25, 0.3) is 0 Å². The van der Waals surface area contributed by atoms with E-state index in [0.717, 1.165) is 12.2 Å². The highest BCUT2D eigenvalue weighted by atomic mass is 15.0. The van der Waals surface area contributed by atoms with E-state index in [9.17, 15) is 0 Å². The molecule has 1 aliphatic heterocycles. The predicted molar refractivity (Wildman–Crippen MR) is 46.6 cm³/mol. The minimum atomic E-state index is 0.460. The second-order valence-electron chi connectivity index (χ2n) is 3.14. The minimum Gasteiger partial charge on any atom is -0.309 e. The molecule has 0 aromatic carbocycles. The quantitative estimate of drug-likeness (QED) is 0.678. The van der Waals surface area contributed by atoms with Crippen LogP contribution in [-0.4, -0.2) is 16.5 Å². The highest BCUT2D eigenvalue weighted by molar-refractivity contribution is 5.05. The van der Waals surface area contributed by atoms with Crippen molar-refractivity contribution in [3.63, 3.8) is 0 Å². The average Bonchev–Trinajstić information content (AvgIpc) is 2.21. The van der Waals surface area contributed by atoms with E-state index in [1.165, 1.54) is 19.3 Å². The molecule has 3 heteroatoms. The van der Waals surface area contributed by atoms with Gasteiger partial charge in [-0.05, 0) is 25.5 Å². The van der Waals surface area contributed by atoms with Crippen LogP contribution in [0.1, 0.15) is 31.0 Å². The first-order valence-electron chi connectivity index (χ1n) is 4.46. The third kappa shape index (κ3) is 1.61. The Morgan fingerprint density at radius 3 is 3.08 bits per heavy atom. The van der Waals surface area contributed by atoms with E-state index >= 15 is 0 Å². The van der Waals surface area contributed by atoms with Crippen molar-refractivity contribution in [2.45, 2.75) is 25.3 Å². The van der Waals surface area contributed by atoms with Gasteiger partial charge in [-0.2, -0.15) is 0 Å². The van der Waals surface area contributed by atoms with Crippen molar-refractivity contribution in [2.75, 3.05) is 6.54 Å². The minimum absolute atomic E-state index is 0.460. The maximum atomic E-state index is 4.23.